The number of esters is 2. The minimum atomic E-state index is -1.21. The summed E-state index contributed by atoms with van der Waals surface area (Å²) in [4.78, 5) is 35.2. The van der Waals surface area contributed by atoms with Crippen molar-refractivity contribution in [3.05, 3.63) is 47.5 Å². The predicted molar refractivity (Wildman–Crippen MR) is 97.1 cm³/mol. The Morgan fingerprint density at radius 3 is 2.35 bits per heavy atom. The summed E-state index contributed by atoms with van der Waals surface area (Å²) in [6, 6.07) is 5.82. The van der Waals surface area contributed by atoms with Crippen LogP contribution in [0.3, 0.4) is 0 Å². The molecule has 0 aliphatic carbocycles. The Bertz CT molecular complexity index is 649. The number of aromatic carboxylic acids is 1. The van der Waals surface area contributed by atoms with E-state index >= 15 is 0 Å². The van der Waals surface area contributed by atoms with Crippen LogP contribution in [0.25, 0.3) is 0 Å². The van der Waals surface area contributed by atoms with Crippen molar-refractivity contribution >= 4 is 17.9 Å². The minimum Gasteiger partial charge on any atom is -0.478 e. The normalized spacial score (nSPS) is 11.5. The van der Waals surface area contributed by atoms with Crippen molar-refractivity contribution in [3.63, 3.8) is 0 Å². The van der Waals surface area contributed by atoms with Gasteiger partial charge in [0, 0.05) is 5.57 Å². The molecule has 1 aromatic rings. The van der Waals surface area contributed by atoms with Gasteiger partial charge in [-0.25, -0.2) is 14.4 Å². The van der Waals surface area contributed by atoms with Crippen molar-refractivity contribution in [3.8, 4) is 0 Å². The van der Waals surface area contributed by atoms with Crippen molar-refractivity contribution < 1.29 is 29.0 Å². The van der Waals surface area contributed by atoms with Crippen LogP contribution in [0, 0.1) is 0 Å². The second kappa shape index (κ2) is 11.1. The fraction of sp³-hybridized carbons (Fsp3) is 0.450. The van der Waals surface area contributed by atoms with Gasteiger partial charge in [-0.3, -0.25) is 0 Å². The van der Waals surface area contributed by atoms with Crippen molar-refractivity contribution in [2.75, 3.05) is 6.61 Å². The number of unbranched alkanes of at least 4 members (excludes halogenated alkanes) is 3. The number of carboxylic acid groups (broad SMARTS) is 1. The van der Waals surface area contributed by atoms with E-state index in [1.807, 2.05) is 0 Å². The molecular weight excluding hydrogens is 336 g/mol. The Kier molecular flexibility index (Phi) is 9.12. The van der Waals surface area contributed by atoms with Gasteiger partial charge in [0.2, 0.25) is 0 Å². The average Bonchev–Trinajstić information content (AvgIpc) is 2.62. The van der Waals surface area contributed by atoms with E-state index < -0.39 is 24.0 Å². The maximum atomic E-state index is 12.2. The fourth-order valence-electron chi connectivity index (χ4n) is 2.32. The van der Waals surface area contributed by atoms with Crippen LogP contribution in [-0.2, 0) is 14.3 Å². The van der Waals surface area contributed by atoms with Gasteiger partial charge in [-0.1, -0.05) is 44.9 Å². The zero-order valence-corrected chi connectivity index (χ0v) is 15.3. The summed E-state index contributed by atoms with van der Waals surface area (Å²) in [6.45, 7) is 7.06. The molecule has 0 radical (unpaired) electrons. The first-order valence-electron chi connectivity index (χ1n) is 8.72. The maximum absolute atomic E-state index is 12.2. The molecule has 0 aromatic heterocycles. The minimum absolute atomic E-state index is 0.0315. The van der Waals surface area contributed by atoms with Crippen LogP contribution in [0.4, 0.5) is 0 Å². The first-order chi connectivity index (χ1) is 12.4. The van der Waals surface area contributed by atoms with Gasteiger partial charge in [-0.05, 0) is 31.9 Å². The molecule has 1 unspecified atom stereocenters. The number of rotatable bonds is 11. The van der Waals surface area contributed by atoms with Crippen molar-refractivity contribution in [2.24, 2.45) is 0 Å². The van der Waals surface area contributed by atoms with Crippen molar-refractivity contribution in [1.82, 2.24) is 0 Å². The molecule has 1 rings (SSSR count). The topological polar surface area (TPSA) is 89.9 Å². The van der Waals surface area contributed by atoms with Gasteiger partial charge >= 0.3 is 17.9 Å². The number of benzene rings is 1. The van der Waals surface area contributed by atoms with Crippen molar-refractivity contribution in [1.29, 1.82) is 0 Å². The number of ether oxygens (including phenoxy) is 2. The smallest absolute Gasteiger partial charge is 0.339 e. The van der Waals surface area contributed by atoms with Crippen molar-refractivity contribution in [2.45, 2.75) is 52.1 Å². The monoisotopic (exact) mass is 362 g/mol. The zero-order chi connectivity index (χ0) is 19.5. The molecule has 6 heteroatoms. The Morgan fingerprint density at radius 2 is 1.77 bits per heavy atom. The van der Waals surface area contributed by atoms with Gasteiger partial charge < -0.3 is 14.6 Å². The molecular formula is C20H26O6. The van der Waals surface area contributed by atoms with Crippen LogP contribution in [0.1, 0.15) is 66.7 Å². The molecule has 0 fully saturated rings. The second-order valence-corrected chi connectivity index (χ2v) is 6.11. The number of hydrogen-bond donors (Lipinski definition) is 1. The molecule has 0 bridgehead atoms. The van der Waals surface area contributed by atoms with Gasteiger partial charge in [0.1, 0.15) is 12.7 Å². The molecule has 0 aliphatic rings. The molecule has 1 atom stereocenters. The number of hydrogen-bond acceptors (Lipinski definition) is 5. The molecule has 142 valence electrons. The van der Waals surface area contributed by atoms with Gasteiger partial charge in [0.05, 0.1) is 11.1 Å². The first kappa shape index (κ1) is 21.4. The maximum Gasteiger partial charge on any atom is 0.339 e. The molecule has 1 aromatic carbocycles. The van der Waals surface area contributed by atoms with Crippen LogP contribution < -0.4 is 0 Å². The molecule has 0 spiro atoms. The first-order valence-corrected chi connectivity index (χ1v) is 8.72. The number of carbonyl (C=O) groups excluding carboxylic acids is 2. The molecule has 0 amide bonds. The lowest BCUT2D eigenvalue weighted by Gasteiger charge is -2.18. The zero-order valence-electron chi connectivity index (χ0n) is 15.3. The summed E-state index contributed by atoms with van der Waals surface area (Å²) in [5, 5.41) is 9.15. The van der Waals surface area contributed by atoms with Crippen LogP contribution in [0.15, 0.2) is 36.4 Å². The second-order valence-electron chi connectivity index (χ2n) is 6.11. The Hall–Kier alpha value is -2.63. The van der Waals surface area contributed by atoms with E-state index in [0.29, 0.717) is 6.42 Å². The molecule has 0 heterocycles. The standard InChI is InChI=1S/C20H26O6/c1-4-5-6-7-10-15(26-19(23)14(2)3)13-25-20(24)17-12-9-8-11-16(17)18(21)22/h8-9,11-12,15H,2,4-7,10,13H2,1,3H3,(H,21,22). The highest BCUT2D eigenvalue weighted by Gasteiger charge is 2.21. The summed E-state index contributed by atoms with van der Waals surface area (Å²) >= 11 is 0. The van der Waals surface area contributed by atoms with E-state index in [4.69, 9.17) is 14.6 Å². The highest BCUT2D eigenvalue weighted by molar-refractivity contribution is 6.02. The van der Waals surface area contributed by atoms with E-state index in [0.717, 1.165) is 25.7 Å². The lowest BCUT2D eigenvalue weighted by Crippen LogP contribution is -2.26. The molecule has 26 heavy (non-hydrogen) atoms. The van der Waals surface area contributed by atoms with Crippen LogP contribution in [0.5, 0.6) is 0 Å². The third-order valence-corrected chi connectivity index (χ3v) is 3.78. The van der Waals surface area contributed by atoms with E-state index in [-0.39, 0.29) is 23.3 Å². The molecule has 6 nitrogen and oxygen atoms in total. The summed E-state index contributed by atoms with van der Waals surface area (Å²) < 4.78 is 10.5. The van der Waals surface area contributed by atoms with Crippen LogP contribution in [0.2, 0.25) is 0 Å². The fourth-order valence-corrected chi connectivity index (χ4v) is 2.32. The van der Waals surface area contributed by atoms with Gasteiger partial charge in [-0.15, -0.1) is 0 Å². The lowest BCUT2D eigenvalue weighted by molar-refractivity contribution is -0.146. The lowest BCUT2D eigenvalue weighted by atomic mass is 10.1. The highest BCUT2D eigenvalue weighted by Crippen LogP contribution is 2.14. The van der Waals surface area contributed by atoms with E-state index in [9.17, 15) is 14.4 Å². The molecule has 0 saturated heterocycles. The summed E-state index contributed by atoms with van der Waals surface area (Å²) in [5.41, 5.74) is 0.109. The number of carboxylic acids is 1. The van der Waals surface area contributed by atoms with Crippen LogP contribution in [-0.4, -0.2) is 35.7 Å². The third-order valence-electron chi connectivity index (χ3n) is 3.78. The Morgan fingerprint density at radius 1 is 1.12 bits per heavy atom. The van der Waals surface area contributed by atoms with E-state index in [2.05, 4.69) is 13.5 Å². The quantitative estimate of drug-likeness (QED) is 0.363. The molecule has 0 saturated carbocycles. The SMILES string of the molecule is C=C(C)C(=O)OC(CCCCCC)COC(=O)c1ccccc1C(=O)O. The summed E-state index contributed by atoms with van der Waals surface area (Å²) in [6.07, 6.45) is 3.97. The highest BCUT2D eigenvalue weighted by atomic mass is 16.6. The summed E-state index contributed by atoms with van der Waals surface area (Å²) in [7, 11) is 0. The summed E-state index contributed by atoms with van der Waals surface area (Å²) in [5.74, 6) is -2.50. The predicted octanol–water partition coefficient (Wildman–Crippen LogP) is 4.00. The molecule has 1 N–H and O–H groups in total. The number of carbonyl (C=O) groups is 3. The molecule has 0 aliphatic heterocycles. The van der Waals surface area contributed by atoms with Crippen LogP contribution >= 0.6 is 0 Å². The Balaban J connectivity index is 2.71. The Labute approximate surface area is 153 Å². The van der Waals surface area contributed by atoms with Gasteiger partial charge in [0.15, 0.2) is 0 Å². The van der Waals surface area contributed by atoms with E-state index in [1.165, 1.54) is 18.2 Å². The third kappa shape index (κ3) is 7.09. The van der Waals surface area contributed by atoms with Gasteiger partial charge in [0.25, 0.3) is 0 Å². The largest absolute Gasteiger partial charge is 0.478 e. The average molecular weight is 362 g/mol. The van der Waals surface area contributed by atoms with Gasteiger partial charge in [-0.2, -0.15) is 0 Å². The van der Waals surface area contributed by atoms with E-state index in [1.54, 1.807) is 13.0 Å².